The Bertz CT molecular complexity index is 383. The monoisotopic (exact) mass is 284 g/mol. The predicted octanol–water partition coefficient (Wildman–Crippen LogP) is -0.492. The van der Waals surface area contributed by atoms with E-state index in [1.165, 1.54) is 18.2 Å². The third kappa shape index (κ3) is 5.22. The SMILES string of the molecule is F[B-](F)(F)c1ccccc1OCOCC1CC1.[K+]. The third-order valence-electron chi connectivity index (χ3n) is 2.62. The normalized spacial score (nSPS) is 15.1. The van der Waals surface area contributed by atoms with Crippen LogP contribution in [-0.4, -0.2) is 20.4 Å². The molecule has 0 aliphatic heterocycles. The van der Waals surface area contributed by atoms with Crippen molar-refractivity contribution in [3.05, 3.63) is 24.3 Å². The summed E-state index contributed by atoms with van der Waals surface area (Å²) >= 11 is 0. The van der Waals surface area contributed by atoms with Crippen molar-refractivity contribution in [1.29, 1.82) is 0 Å². The summed E-state index contributed by atoms with van der Waals surface area (Å²) < 4.78 is 48.1. The van der Waals surface area contributed by atoms with Crippen LogP contribution < -0.4 is 61.6 Å². The van der Waals surface area contributed by atoms with E-state index in [0.29, 0.717) is 12.5 Å². The summed E-state index contributed by atoms with van der Waals surface area (Å²) in [6, 6.07) is 5.20. The molecule has 2 nitrogen and oxygen atoms in total. The van der Waals surface area contributed by atoms with Gasteiger partial charge in [-0.25, -0.2) is 0 Å². The number of benzene rings is 1. The van der Waals surface area contributed by atoms with Gasteiger partial charge in [0.25, 0.3) is 0 Å². The number of rotatable bonds is 6. The van der Waals surface area contributed by atoms with Crippen LogP contribution in [0.3, 0.4) is 0 Å². The molecular weight excluding hydrogens is 271 g/mol. The van der Waals surface area contributed by atoms with Gasteiger partial charge in [0.15, 0.2) is 6.79 Å². The Morgan fingerprint density at radius 2 is 1.83 bits per heavy atom. The van der Waals surface area contributed by atoms with Gasteiger partial charge in [-0.15, -0.1) is 0 Å². The Labute approximate surface area is 147 Å². The van der Waals surface area contributed by atoms with E-state index in [9.17, 15) is 12.9 Å². The Balaban J connectivity index is 0.00000162. The summed E-state index contributed by atoms with van der Waals surface area (Å²) in [4.78, 5) is 0. The number of hydrogen-bond acceptors (Lipinski definition) is 2. The fraction of sp³-hybridized carbons (Fsp3) is 0.455. The second-order valence-electron chi connectivity index (χ2n) is 4.19. The second kappa shape index (κ2) is 7.31. The molecule has 1 fully saturated rings. The van der Waals surface area contributed by atoms with Crippen molar-refractivity contribution in [1.82, 2.24) is 0 Å². The smallest absolute Gasteiger partial charge is 0.471 e. The molecule has 0 heterocycles. The molecule has 2 rings (SSSR count). The van der Waals surface area contributed by atoms with Crippen molar-refractivity contribution in [2.24, 2.45) is 5.92 Å². The minimum atomic E-state index is -5.04. The van der Waals surface area contributed by atoms with Crippen LogP contribution in [-0.2, 0) is 4.74 Å². The largest absolute Gasteiger partial charge is 1.00 e. The van der Waals surface area contributed by atoms with Crippen molar-refractivity contribution in [2.45, 2.75) is 12.8 Å². The minimum Gasteiger partial charge on any atom is -0.471 e. The average Bonchev–Trinajstić information content (AvgIpc) is 3.07. The van der Waals surface area contributed by atoms with Gasteiger partial charge < -0.3 is 22.4 Å². The van der Waals surface area contributed by atoms with Crippen molar-refractivity contribution >= 4 is 12.4 Å². The summed E-state index contributed by atoms with van der Waals surface area (Å²) in [6.45, 7) is -4.60. The molecule has 0 radical (unpaired) electrons. The Hall–Kier alpha value is 0.471. The van der Waals surface area contributed by atoms with E-state index < -0.39 is 12.4 Å². The zero-order chi connectivity index (χ0) is 12.3. The van der Waals surface area contributed by atoms with Crippen LogP contribution >= 0.6 is 0 Å². The fourth-order valence-corrected chi connectivity index (χ4v) is 1.49. The molecule has 1 aliphatic carbocycles. The molecule has 1 saturated carbocycles. The van der Waals surface area contributed by atoms with Gasteiger partial charge in [-0.3, -0.25) is 0 Å². The molecule has 0 saturated heterocycles. The number of hydrogen-bond donors (Lipinski definition) is 0. The molecule has 7 heteroatoms. The Morgan fingerprint density at radius 1 is 1.17 bits per heavy atom. The minimum absolute atomic E-state index is 0. The number of halogens is 3. The molecule has 0 aromatic heterocycles. The molecule has 0 atom stereocenters. The van der Waals surface area contributed by atoms with E-state index in [1.807, 2.05) is 0 Å². The molecule has 94 valence electrons. The van der Waals surface area contributed by atoms with Gasteiger partial charge in [-0.1, -0.05) is 23.7 Å². The quantitative estimate of drug-likeness (QED) is 0.399. The number of ether oxygens (including phenoxy) is 2. The predicted molar refractivity (Wildman–Crippen MR) is 59.3 cm³/mol. The first-order chi connectivity index (χ1) is 8.07. The maximum atomic E-state index is 12.6. The van der Waals surface area contributed by atoms with E-state index in [4.69, 9.17) is 9.47 Å². The summed E-state index contributed by atoms with van der Waals surface area (Å²) in [6.07, 6.45) is 2.28. The van der Waals surface area contributed by atoms with Crippen LogP contribution in [0.15, 0.2) is 24.3 Å². The van der Waals surface area contributed by atoms with Gasteiger partial charge in [-0.05, 0) is 24.8 Å². The molecule has 18 heavy (non-hydrogen) atoms. The van der Waals surface area contributed by atoms with Gasteiger partial charge >= 0.3 is 58.4 Å². The van der Waals surface area contributed by atoms with Crippen LogP contribution in [0.1, 0.15) is 12.8 Å². The zero-order valence-corrected chi connectivity index (χ0v) is 13.4. The standard InChI is InChI=1S/C11H13BF3O2.K/c13-12(14,15)10-3-1-2-4-11(10)17-8-16-7-9-5-6-9;/h1-4,9H,5-8H2;/q-1;+1. The topological polar surface area (TPSA) is 18.5 Å². The van der Waals surface area contributed by atoms with E-state index >= 15 is 0 Å². The van der Waals surface area contributed by atoms with Crippen LogP contribution in [0.5, 0.6) is 5.75 Å². The maximum absolute atomic E-state index is 12.6. The summed E-state index contributed by atoms with van der Waals surface area (Å²) in [7, 11) is 0. The van der Waals surface area contributed by atoms with Gasteiger partial charge in [0, 0.05) is 0 Å². The molecule has 1 aromatic carbocycles. The van der Waals surface area contributed by atoms with Crippen molar-refractivity contribution in [3.8, 4) is 5.75 Å². The molecule has 1 aromatic rings. The molecule has 0 unspecified atom stereocenters. The van der Waals surface area contributed by atoms with Gasteiger partial charge in [-0.2, -0.15) is 0 Å². The van der Waals surface area contributed by atoms with Crippen LogP contribution in [0.2, 0.25) is 0 Å². The first-order valence-corrected chi connectivity index (χ1v) is 5.57. The molecule has 1 aliphatic rings. The van der Waals surface area contributed by atoms with E-state index in [2.05, 4.69) is 0 Å². The van der Waals surface area contributed by atoms with Crippen molar-refractivity contribution in [3.63, 3.8) is 0 Å². The molecular formula is C11H13BF3KO2. The second-order valence-corrected chi connectivity index (χ2v) is 4.19. The van der Waals surface area contributed by atoms with Crippen LogP contribution in [0, 0.1) is 5.92 Å². The fourth-order valence-electron chi connectivity index (χ4n) is 1.49. The first-order valence-electron chi connectivity index (χ1n) is 5.57. The Morgan fingerprint density at radius 3 is 2.44 bits per heavy atom. The van der Waals surface area contributed by atoms with Crippen LogP contribution in [0.25, 0.3) is 0 Å². The molecule has 0 bridgehead atoms. The number of para-hydroxylation sites is 1. The molecule has 0 spiro atoms. The first kappa shape index (κ1) is 16.5. The van der Waals surface area contributed by atoms with E-state index in [0.717, 1.165) is 18.9 Å². The maximum Gasteiger partial charge on any atom is 1.00 e. The molecule has 0 N–H and O–H groups in total. The van der Waals surface area contributed by atoms with Gasteiger partial charge in [0.2, 0.25) is 0 Å². The van der Waals surface area contributed by atoms with Crippen molar-refractivity contribution in [2.75, 3.05) is 13.4 Å². The third-order valence-corrected chi connectivity index (χ3v) is 2.62. The van der Waals surface area contributed by atoms with Crippen molar-refractivity contribution < 1.29 is 73.8 Å². The van der Waals surface area contributed by atoms with Gasteiger partial charge in [0.05, 0.1) is 12.4 Å². The summed E-state index contributed by atoms with van der Waals surface area (Å²) in [5.74, 6) is 0.413. The average molecular weight is 284 g/mol. The zero-order valence-electron chi connectivity index (χ0n) is 10.2. The Kier molecular flexibility index (Phi) is 6.71. The van der Waals surface area contributed by atoms with Gasteiger partial charge in [0.1, 0.15) is 0 Å². The molecule has 0 amide bonds. The van der Waals surface area contributed by atoms with E-state index in [-0.39, 0.29) is 63.9 Å². The summed E-state index contributed by atoms with van der Waals surface area (Å²) in [5, 5.41) is 0. The summed E-state index contributed by atoms with van der Waals surface area (Å²) in [5.41, 5.74) is -0.706. The van der Waals surface area contributed by atoms with Crippen LogP contribution in [0.4, 0.5) is 12.9 Å². The van der Waals surface area contributed by atoms with E-state index in [1.54, 1.807) is 0 Å².